The maximum atomic E-state index is 14.6. The van der Waals surface area contributed by atoms with Crippen LogP contribution in [0.3, 0.4) is 0 Å². The minimum Gasteiger partial charge on any atom is -0.346 e. The van der Waals surface area contributed by atoms with E-state index in [-0.39, 0.29) is 17.3 Å². The molecule has 6 rings (SSSR count). The average Bonchev–Trinajstić information content (AvgIpc) is 3.97. The Morgan fingerprint density at radius 2 is 1.09 bits per heavy atom. The molecule has 0 saturated heterocycles. The molecule has 360 valence electrons. The van der Waals surface area contributed by atoms with E-state index >= 15 is 0 Å². The number of benzene rings is 2. The Balaban J connectivity index is 0.000000253. The fourth-order valence-corrected chi connectivity index (χ4v) is 6.32. The number of pyridine rings is 2. The number of amides is 2. The van der Waals surface area contributed by atoms with Gasteiger partial charge in [0, 0.05) is 23.1 Å². The van der Waals surface area contributed by atoms with Crippen molar-refractivity contribution in [3.05, 3.63) is 151 Å². The van der Waals surface area contributed by atoms with Crippen LogP contribution in [0, 0.1) is 0 Å². The number of halogens is 19. The first-order chi connectivity index (χ1) is 30.8. The van der Waals surface area contributed by atoms with Gasteiger partial charge in [-0.1, -0.05) is 47.5 Å². The van der Waals surface area contributed by atoms with Crippen molar-refractivity contribution >= 4 is 57.2 Å². The fourth-order valence-electron chi connectivity index (χ4n) is 5.26. The van der Waals surface area contributed by atoms with E-state index in [0.717, 1.165) is 65.8 Å². The summed E-state index contributed by atoms with van der Waals surface area (Å²) in [5, 5.41) is 5.97. The number of aromatic nitrogens is 4. The highest BCUT2D eigenvalue weighted by Crippen LogP contribution is 2.37. The molecular formula is C39H24BrCl2F16N7O2. The Bertz CT molecular complexity index is 2630. The van der Waals surface area contributed by atoms with Crippen LogP contribution in [0.1, 0.15) is 48.8 Å². The molecule has 1 aliphatic heterocycles. The number of aliphatic imine (C=N–C) groups is 1. The van der Waals surface area contributed by atoms with Crippen LogP contribution < -0.4 is 10.6 Å². The van der Waals surface area contributed by atoms with Gasteiger partial charge in [-0.2, -0.15) is 75.3 Å². The summed E-state index contributed by atoms with van der Waals surface area (Å²) in [6.45, 7) is -2.54. The third-order valence-corrected chi connectivity index (χ3v) is 9.38. The number of nitrogens with one attached hydrogen (secondary N) is 2. The van der Waals surface area contributed by atoms with Crippen LogP contribution in [-0.2, 0) is 30.4 Å². The quantitative estimate of drug-likeness (QED) is 0.143. The van der Waals surface area contributed by atoms with Crippen molar-refractivity contribution in [3.8, 4) is 5.69 Å². The van der Waals surface area contributed by atoms with Crippen molar-refractivity contribution < 1.29 is 79.8 Å². The molecule has 0 atom stereocenters. The molecule has 0 radical (unpaired) electrons. The monoisotopic (exact) mass is 1080 g/mol. The van der Waals surface area contributed by atoms with Gasteiger partial charge in [-0.05, 0) is 58.4 Å². The Kier molecular flexibility index (Phi) is 16.9. The number of allylic oxidation sites excluding steroid dienone is 1. The lowest BCUT2D eigenvalue weighted by Gasteiger charge is -2.19. The Labute approximate surface area is 384 Å². The predicted molar refractivity (Wildman–Crippen MR) is 211 cm³/mol. The number of nitrogens with zero attached hydrogens (tertiary/aromatic N) is 5. The molecule has 28 heteroatoms. The Morgan fingerprint density at radius 1 is 0.627 bits per heavy atom. The van der Waals surface area contributed by atoms with E-state index in [9.17, 15) is 79.8 Å². The highest BCUT2D eigenvalue weighted by molar-refractivity contribution is 9.10. The largest absolute Gasteiger partial charge is 0.419 e. The van der Waals surface area contributed by atoms with Gasteiger partial charge in [0.05, 0.1) is 81.2 Å². The summed E-state index contributed by atoms with van der Waals surface area (Å²) in [6, 6.07) is 9.61. The molecule has 2 aromatic carbocycles. The first-order valence-electron chi connectivity index (χ1n) is 17.8. The average molecular weight is 1080 g/mol. The van der Waals surface area contributed by atoms with E-state index in [4.69, 9.17) is 23.2 Å². The molecule has 9 nitrogen and oxygen atoms in total. The van der Waals surface area contributed by atoms with Gasteiger partial charge in [0.2, 0.25) is 0 Å². The smallest absolute Gasteiger partial charge is 0.346 e. The molecule has 2 N–H and O–H groups in total. The molecule has 2 amide bonds. The van der Waals surface area contributed by atoms with Crippen LogP contribution in [0.2, 0.25) is 10.0 Å². The number of carbonyl (C=O) groups is 2. The SMILES string of the molecule is FC(F)(F)C1=CCN=C1.O=C(NCC(F)(F)c1ncc(-n2cc(C(F)(F)F)cn2)cc1Cl)c1ccccc1C(F)(F)F.O=C(NCC(F)(F)c1ncc(Br)cc1Cl)c1ccccc1C(F)(F)F. The van der Waals surface area contributed by atoms with Crippen molar-refractivity contribution in [1.29, 1.82) is 0 Å². The number of hydrogen-bond donors (Lipinski definition) is 2. The van der Waals surface area contributed by atoms with Crippen LogP contribution >= 0.6 is 39.1 Å². The summed E-state index contributed by atoms with van der Waals surface area (Å²) in [5.74, 6) is -10.3. The van der Waals surface area contributed by atoms with Crippen molar-refractivity contribution in [2.45, 2.75) is 36.6 Å². The van der Waals surface area contributed by atoms with Crippen molar-refractivity contribution in [2.75, 3.05) is 19.6 Å². The van der Waals surface area contributed by atoms with E-state index < -0.39 is 111 Å². The molecule has 3 aromatic heterocycles. The second-order valence-corrected chi connectivity index (χ2v) is 14.9. The molecule has 0 unspecified atom stereocenters. The summed E-state index contributed by atoms with van der Waals surface area (Å²) >= 11 is 14.5. The summed E-state index contributed by atoms with van der Waals surface area (Å²) < 4.78 is 209. The van der Waals surface area contributed by atoms with Gasteiger partial charge in [-0.25, -0.2) is 4.68 Å². The van der Waals surface area contributed by atoms with Gasteiger partial charge >= 0.3 is 36.6 Å². The molecule has 0 saturated carbocycles. The van der Waals surface area contributed by atoms with Gasteiger partial charge in [0.1, 0.15) is 11.4 Å². The topological polar surface area (TPSA) is 114 Å². The second kappa shape index (κ2) is 21.0. The van der Waals surface area contributed by atoms with Crippen LogP contribution in [0.25, 0.3) is 5.69 Å². The highest BCUT2D eigenvalue weighted by Gasteiger charge is 2.41. The zero-order chi connectivity index (χ0) is 50.3. The maximum absolute atomic E-state index is 14.6. The summed E-state index contributed by atoms with van der Waals surface area (Å²) in [6.07, 6.45) is -13.7. The molecule has 1 aliphatic rings. The predicted octanol–water partition coefficient (Wildman–Crippen LogP) is 12.1. The van der Waals surface area contributed by atoms with Crippen molar-refractivity contribution in [2.24, 2.45) is 4.99 Å². The minimum absolute atomic E-state index is 0.154. The normalized spacial score (nSPS) is 13.2. The molecule has 5 aromatic rings. The molecular weight excluding hydrogens is 1050 g/mol. The lowest BCUT2D eigenvalue weighted by molar-refractivity contribution is -0.138. The standard InChI is InChI=1S/C19H11ClF8N4O.C15H9BrClF5N2O.C5H4F3N/c20-14-5-11(32-8-10(6-31-32)18(23,24)25)7-29-15(14)17(21,22)9-30-16(33)12-3-1-2-4-13(12)19(26,27)28;16-8-5-11(17)12(23-6-8)14(18,19)7-24-13(25)9-3-1-2-4-10(9)15(20,21)22;6-5(7,8)4-1-2-9-3-4/h1-8H,9H2,(H,30,33);1-6H,7H2,(H,24,25);1,3H,2H2. The summed E-state index contributed by atoms with van der Waals surface area (Å²) in [4.78, 5) is 34.4. The lowest BCUT2D eigenvalue weighted by atomic mass is 10.1. The van der Waals surface area contributed by atoms with Gasteiger partial charge in [0.25, 0.3) is 11.8 Å². The number of hydrogen-bond acceptors (Lipinski definition) is 6. The van der Waals surface area contributed by atoms with E-state index in [0.29, 0.717) is 29.0 Å². The highest BCUT2D eigenvalue weighted by atomic mass is 79.9. The van der Waals surface area contributed by atoms with Crippen LogP contribution in [-0.4, -0.2) is 63.6 Å². The fraction of sp³-hybridized carbons (Fsp3) is 0.231. The van der Waals surface area contributed by atoms with Gasteiger partial charge < -0.3 is 10.6 Å². The summed E-state index contributed by atoms with van der Waals surface area (Å²) in [5.41, 5.74) is -7.83. The first-order valence-corrected chi connectivity index (χ1v) is 19.4. The van der Waals surface area contributed by atoms with E-state index in [2.05, 4.69) is 36.0 Å². The zero-order valence-corrected chi connectivity index (χ0v) is 35.7. The Hall–Kier alpha value is -5.76. The van der Waals surface area contributed by atoms with E-state index in [1.165, 1.54) is 12.1 Å². The number of alkyl halides is 16. The molecule has 4 heterocycles. The van der Waals surface area contributed by atoms with Gasteiger partial charge in [0.15, 0.2) is 0 Å². The maximum Gasteiger partial charge on any atom is 0.419 e. The molecule has 67 heavy (non-hydrogen) atoms. The van der Waals surface area contributed by atoms with E-state index in [1.807, 2.05) is 0 Å². The molecule has 0 spiro atoms. The van der Waals surface area contributed by atoms with Gasteiger partial charge in [-0.15, -0.1) is 0 Å². The minimum atomic E-state index is -4.88. The van der Waals surface area contributed by atoms with Crippen LogP contribution in [0.4, 0.5) is 70.2 Å². The van der Waals surface area contributed by atoms with Crippen molar-refractivity contribution in [1.82, 2.24) is 30.4 Å². The van der Waals surface area contributed by atoms with Crippen LogP contribution in [0.15, 0.2) is 107 Å². The number of rotatable bonds is 9. The third kappa shape index (κ3) is 14.6. The third-order valence-electron chi connectivity index (χ3n) is 8.37. The summed E-state index contributed by atoms with van der Waals surface area (Å²) in [7, 11) is 0. The first kappa shape index (κ1) is 53.9. The van der Waals surface area contributed by atoms with Crippen molar-refractivity contribution in [3.63, 3.8) is 0 Å². The molecule has 0 aliphatic carbocycles. The molecule has 0 fully saturated rings. The van der Waals surface area contributed by atoms with Crippen LogP contribution in [0.5, 0.6) is 0 Å². The zero-order valence-electron chi connectivity index (χ0n) is 32.6. The Morgan fingerprint density at radius 3 is 1.46 bits per heavy atom. The lowest BCUT2D eigenvalue weighted by Crippen LogP contribution is -2.36. The second-order valence-electron chi connectivity index (χ2n) is 13.2. The van der Waals surface area contributed by atoms with E-state index in [1.54, 1.807) is 10.6 Å². The molecule has 0 bridgehead atoms. The van der Waals surface area contributed by atoms with Gasteiger partial charge in [-0.3, -0.25) is 24.5 Å². The number of carbonyl (C=O) groups excluding carboxylic acids is 2.